The zero-order valence-electron chi connectivity index (χ0n) is 22.0. The summed E-state index contributed by atoms with van der Waals surface area (Å²) in [5.41, 5.74) is 6.26. The Kier molecular flexibility index (Phi) is 10.5. The molecule has 0 unspecified atom stereocenters. The summed E-state index contributed by atoms with van der Waals surface area (Å²) in [7, 11) is 0. The number of carbonyl (C=O) groups excluding carboxylic acids is 3. The number of nitrogens with one attached hydrogen (secondary N) is 4. The number of anilines is 1. The van der Waals surface area contributed by atoms with Crippen molar-refractivity contribution in [2.24, 2.45) is 5.92 Å². The molecule has 0 bridgehead atoms. The van der Waals surface area contributed by atoms with Crippen molar-refractivity contribution in [1.29, 1.82) is 0 Å². The minimum absolute atomic E-state index is 0.0205. The molecule has 3 aromatic carbocycles. The van der Waals surface area contributed by atoms with E-state index in [1.54, 1.807) is 48.5 Å². The number of thiocarbonyl (C=S) groups is 1. The summed E-state index contributed by atoms with van der Waals surface area (Å²) in [6.07, 6.45) is 5.17. The van der Waals surface area contributed by atoms with Crippen LogP contribution in [0.1, 0.15) is 52.8 Å². The van der Waals surface area contributed by atoms with Crippen molar-refractivity contribution >= 4 is 40.7 Å². The van der Waals surface area contributed by atoms with E-state index in [0.717, 1.165) is 31.4 Å². The van der Waals surface area contributed by atoms with E-state index in [-0.39, 0.29) is 29.1 Å². The van der Waals surface area contributed by atoms with Crippen molar-refractivity contribution < 1.29 is 23.9 Å². The number of amides is 3. The molecule has 1 aliphatic rings. The van der Waals surface area contributed by atoms with Crippen molar-refractivity contribution in [2.75, 3.05) is 18.5 Å². The minimum Gasteiger partial charge on any atom is -0.490 e. The predicted molar refractivity (Wildman–Crippen MR) is 156 cm³/mol. The van der Waals surface area contributed by atoms with Crippen molar-refractivity contribution in [3.8, 4) is 11.5 Å². The molecule has 0 aliphatic heterocycles. The Morgan fingerprint density at radius 2 is 1.43 bits per heavy atom. The number of ether oxygens (including phenoxy) is 2. The van der Waals surface area contributed by atoms with Crippen LogP contribution in [0.5, 0.6) is 11.5 Å². The Morgan fingerprint density at radius 1 is 0.750 bits per heavy atom. The summed E-state index contributed by atoms with van der Waals surface area (Å²) in [4.78, 5) is 37.7. The standard InChI is InChI=1S/C30H32N4O5S/c35-27(21-9-3-1-4-10-21)31-23-17-15-22(16-18-23)28(36)33-34-30(40)32-29(37)25-13-7-8-14-26(25)39-20-19-38-24-11-5-2-6-12-24/h2,5-8,11-18,21H,1,3-4,9-10,19-20H2,(H,31,35)(H,33,36)(H2,32,34,37,40). The topological polar surface area (TPSA) is 118 Å². The minimum atomic E-state index is -0.496. The molecule has 0 aromatic heterocycles. The van der Waals surface area contributed by atoms with E-state index in [0.29, 0.717) is 23.6 Å². The van der Waals surface area contributed by atoms with Crippen LogP contribution in [0, 0.1) is 5.92 Å². The Bertz CT molecular complexity index is 1310. The lowest BCUT2D eigenvalue weighted by atomic mass is 9.88. The van der Waals surface area contributed by atoms with Gasteiger partial charge in [0.05, 0.1) is 5.56 Å². The first kappa shape index (κ1) is 28.6. The molecule has 208 valence electrons. The highest BCUT2D eigenvalue weighted by atomic mass is 32.1. The number of benzene rings is 3. The van der Waals surface area contributed by atoms with E-state index in [9.17, 15) is 14.4 Å². The van der Waals surface area contributed by atoms with Crippen LogP contribution in [-0.2, 0) is 4.79 Å². The number of hydrogen-bond donors (Lipinski definition) is 4. The maximum absolute atomic E-state index is 12.8. The van der Waals surface area contributed by atoms with Crippen molar-refractivity contribution in [1.82, 2.24) is 16.2 Å². The molecule has 3 aromatic rings. The summed E-state index contributed by atoms with van der Waals surface area (Å²) in [6, 6.07) is 22.7. The van der Waals surface area contributed by atoms with Gasteiger partial charge in [-0.05, 0) is 73.6 Å². The number of hydrazine groups is 1. The molecule has 0 atom stereocenters. The summed E-state index contributed by atoms with van der Waals surface area (Å²) < 4.78 is 11.4. The molecule has 0 spiro atoms. The van der Waals surface area contributed by atoms with Crippen LogP contribution in [0.25, 0.3) is 0 Å². The maximum Gasteiger partial charge on any atom is 0.269 e. The summed E-state index contributed by atoms with van der Waals surface area (Å²) in [5, 5.41) is 5.36. The van der Waals surface area contributed by atoms with Crippen molar-refractivity contribution in [2.45, 2.75) is 32.1 Å². The van der Waals surface area contributed by atoms with Gasteiger partial charge in [0.15, 0.2) is 5.11 Å². The highest BCUT2D eigenvalue weighted by molar-refractivity contribution is 7.80. The Labute approximate surface area is 238 Å². The van der Waals surface area contributed by atoms with Gasteiger partial charge < -0.3 is 14.8 Å². The van der Waals surface area contributed by atoms with Crippen LogP contribution in [0.4, 0.5) is 5.69 Å². The van der Waals surface area contributed by atoms with E-state index in [4.69, 9.17) is 21.7 Å². The number of para-hydroxylation sites is 2. The molecule has 9 nitrogen and oxygen atoms in total. The molecule has 0 saturated heterocycles. The zero-order valence-corrected chi connectivity index (χ0v) is 22.8. The first-order chi connectivity index (χ1) is 19.5. The molecule has 10 heteroatoms. The van der Waals surface area contributed by atoms with Crippen LogP contribution in [0.15, 0.2) is 78.9 Å². The van der Waals surface area contributed by atoms with E-state index in [2.05, 4.69) is 21.5 Å². The summed E-state index contributed by atoms with van der Waals surface area (Å²) >= 11 is 5.17. The largest absolute Gasteiger partial charge is 0.490 e. The van der Waals surface area contributed by atoms with Gasteiger partial charge in [-0.25, -0.2) is 0 Å². The van der Waals surface area contributed by atoms with Crippen LogP contribution >= 0.6 is 12.2 Å². The number of rotatable bonds is 9. The molecule has 1 aliphatic carbocycles. The van der Waals surface area contributed by atoms with Gasteiger partial charge in [-0.15, -0.1) is 0 Å². The normalized spacial score (nSPS) is 13.0. The lowest BCUT2D eigenvalue weighted by molar-refractivity contribution is -0.120. The lowest BCUT2D eigenvalue weighted by Crippen LogP contribution is -2.48. The number of hydrogen-bond acceptors (Lipinski definition) is 6. The molecule has 1 saturated carbocycles. The van der Waals surface area contributed by atoms with E-state index in [1.807, 2.05) is 30.3 Å². The second-order valence-corrected chi connectivity index (χ2v) is 9.68. The van der Waals surface area contributed by atoms with Crippen molar-refractivity contribution in [3.05, 3.63) is 90.0 Å². The number of carbonyl (C=O) groups is 3. The SMILES string of the molecule is O=C(NNC(=S)NC(=O)c1ccccc1OCCOc1ccccc1)c1ccc(NC(=O)C2CCCCC2)cc1. The van der Waals surface area contributed by atoms with Gasteiger partial charge in [0, 0.05) is 17.2 Å². The van der Waals surface area contributed by atoms with Gasteiger partial charge in [-0.1, -0.05) is 49.6 Å². The fourth-order valence-electron chi connectivity index (χ4n) is 4.31. The molecule has 4 rings (SSSR count). The van der Waals surface area contributed by atoms with Gasteiger partial charge in [0.1, 0.15) is 24.7 Å². The van der Waals surface area contributed by atoms with Crippen LogP contribution in [0.3, 0.4) is 0 Å². The van der Waals surface area contributed by atoms with Gasteiger partial charge in [-0.3, -0.25) is 30.6 Å². The Morgan fingerprint density at radius 3 is 2.17 bits per heavy atom. The van der Waals surface area contributed by atoms with Gasteiger partial charge >= 0.3 is 0 Å². The summed E-state index contributed by atoms with van der Waals surface area (Å²) in [6.45, 7) is 0.542. The molecule has 3 amide bonds. The highest BCUT2D eigenvalue weighted by Crippen LogP contribution is 2.25. The zero-order chi connectivity index (χ0) is 28.2. The first-order valence-corrected chi connectivity index (χ1v) is 13.6. The molecular formula is C30H32N4O5S. The second kappa shape index (κ2) is 14.6. The fourth-order valence-corrected chi connectivity index (χ4v) is 4.45. The van der Waals surface area contributed by atoms with Crippen molar-refractivity contribution in [3.63, 3.8) is 0 Å². The molecule has 1 fully saturated rings. The first-order valence-electron chi connectivity index (χ1n) is 13.2. The average Bonchev–Trinajstić information content (AvgIpc) is 2.99. The van der Waals surface area contributed by atoms with Gasteiger partial charge in [0.2, 0.25) is 5.91 Å². The monoisotopic (exact) mass is 560 g/mol. The Hall–Kier alpha value is -4.44. The van der Waals surface area contributed by atoms with Crippen LogP contribution in [0.2, 0.25) is 0 Å². The molecule has 0 heterocycles. The van der Waals surface area contributed by atoms with Crippen LogP contribution in [-0.4, -0.2) is 36.0 Å². The van der Waals surface area contributed by atoms with E-state index in [1.165, 1.54) is 6.42 Å². The third kappa shape index (κ3) is 8.54. The smallest absolute Gasteiger partial charge is 0.269 e. The Balaban J connectivity index is 1.21. The summed E-state index contributed by atoms with van der Waals surface area (Å²) in [5.74, 6) is 0.219. The van der Waals surface area contributed by atoms with Gasteiger partial charge in [0.25, 0.3) is 11.8 Å². The molecule has 4 N–H and O–H groups in total. The quantitative estimate of drug-likeness (QED) is 0.171. The predicted octanol–water partition coefficient (Wildman–Crippen LogP) is 4.61. The van der Waals surface area contributed by atoms with E-state index >= 15 is 0 Å². The third-order valence-corrected chi connectivity index (χ3v) is 6.60. The second-order valence-electron chi connectivity index (χ2n) is 9.27. The fraction of sp³-hybridized carbons (Fsp3) is 0.267. The van der Waals surface area contributed by atoms with Crippen LogP contribution < -0.4 is 31.0 Å². The maximum atomic E-state index is 12.8. The lowest BCUT2D eigenvalue weighted by Gasteiger charge is -2.20. The average molecular weight is 561 g/mol. The third-order valence-electron chi connectivity index (χ3n) is 6.39. The highest BCUT2D eigenvalue weighted by Gasteiger charge is 2.21. The molecule has 0 radical (unpaired) electrons. The molecule has 40 heavy (non-hydrogen) atoms. The molecular weight excluding hydrogens is 528 g/mol. The van der Waals surface area contributed by atoms with Gasteiger partial charge in [-0.2, -0.15) is 0 Å². The van der Waals surface area contributed by atoms with E-state index < -0.39 is 11.8 Å².